The van der Waals surface area contributed by atoms with Crippen LogP contribution in [0, 0.1) is 10.1 Å². The maximum absolute atomic E-state index is 10.7. The summed E-state index contributed by atoms with van der Waals surface area (Å²) in [5.41, 5.74) is 0.913. The molecular formula is C11H5Cl3N2O2. The van der Waals surface area contributed by atoms with Gasteiger partial charge in [0.05, 0.1) is 15.0 Å². The predicted octanol–water partition coefficient (Wildman–Crippen LogP) is 4.62. The van der Waals surface area contributed by atoms with Crippen LogP contribution < -0.4 is 0 Å². The van der Waals surface area contributed by atoms with Crippen molar-refractivity contribution in [2.75, 3.05) is 0 Å². The van der Waals surface area contributed by atoms with Crippen LogP contribution in [0.1, 0.15) is 0 Å². The molecule has 4 nitrogen and oxygen atoms in total. The highest BCUT2D eigenvalue weighted by atomic mass is 35.5. The molecule has 7 heteroatoms. The number of halogens is 3. The maximum Gasteiger partial charge on any atom is 0.288 e. The number of nitrogens with zero attached hydrogens (tertiary/aromatic N) is 2. The molecule has 0 bridgehead atoms. The normalized spacial score (nSPS) is 10.4. The van der Waals surface area contributed by atoms with E-state index in [1.54, 1.807) is 18.2 Å². The van der Waals surface area contributed by atoms with Crippen LogP contribution in [0.25, 0.3) is 11.1 Å². The van der Waals surface area contributed by atoms with Crippen molar-refractivity contribution < 1.29 is 4.92 Å². The number of nitro groups is 1. The summed E-state index contributed by atoms with van der Waals surface area (Å²) in [5.74, 6) is 0. The average Bonchev–Trinajstić information content (AvgIpc) is 2.33. The number of hydrogen-bond donors (Lipinski definition) is 0. The molecule has 0 spiro atoms. The van der Waals surface area contributed by atoms with Gasteiger partial charge in [-0.1, -0.05) is 40.9 Å². The number of benzene rings is 1. The van der Waals surface area contributed by atoms with Gasteiger partial charge >= 0.3 is 0 Å². The lowest BCUT2D eigenvalue weighted by molar-refractivity contribution is -0.385. The van der Waals surface area contributed by atoms with Gasteiger partial charge in [-0.25, -0.2) is 4.98 Å². The van der Waals surface area contributed by atoms with E-state index in [1.165, 1.54) is 6.07 Å². The molecule has 0 atom stereocenters. The van der Waals surface area contributed by atoms with Crippen molar-refractivity contribution in [3.8, 4) is 11.1 Å². The van der Waals surface area contributed by atoms with Gasteiger partial charge in [0.15, 0.2) is 0 Å². The summed E-state index contributed by atoms with van der Waals surface area (Å²) in [5, 5.41) is 11.6. The molecule has 2 aromatic rings. The largest absolute Gasteiger partial charge is 0.288 e. The lowest BCUT2D eigenvalue weighted by atomic mass is 10.1. The number of rotatable bonds is 2. The Morgan fingerprint density at radius 1 is 1.11 bits per heavy atom. The van der Waals surface area contributed by atoms with Crippen molar-refractivity contribution in [1.29, 1.82) is 0 Å². The molecule has 0 aliphatic carbocycles. The summed E-state index contributed by atoms with van der Waals surface area (Å²) in [7, 11) is 0. The molecule has 1 aromatic carbocycles. The quantitative estimate of drug-likeness (QED) is 0.462. The van der Waals surface area contributed by atoms with Gasteiger partial charge in [0, 0.05) is 11.6 Å². The molecular weight excluding hydrogens is 298 g/mol. The number of aromatic nitrogens is 1. The zero-order chi connectivity index (χ0) is 13.3. The van der Waals surface area contributed by atoms with E-state index in [0.29, 0.717) is 21.2 Å². The highest BCUT2D eigenvalue weighted by molar-refractivity contribution is 6.42. The SMILES string of the molecule is O=[N+]([O-])c1cnc(Cl)c(-c2ccc(Cl)c(Cl)c2)c1. The molecule has 2 rings (SSSR count). The van der Waals surface area contributed by atoms with Crippen molar-refractivity contribution in [3.63, 3.8) is 0 Å². The van der Waals surface area contributed by atoms with E-state index in [0.717, 1.165) is 6.20 Å². The summed E-state index contributed by atoms with van der Waals surface area (Å²) in [4.78, 5) is 13.9. The summed E-state index contributed by atoms with van der Waals surface area (Å²) < 4.78 is 0. The fourth-order valence-corrected chi connectivity index (χ4v) is 1.91. The molecule has 92 valence electrons. The van der Waals surface area contributed by atoms with Crippen molar-refractivity contribution in [2.45, 2.75) is 0 Å². The van der Waals surface area contributed by atoms with Gasteiger partial charge in [0.1, 0.15) is 11.3 Å². The van der Waals surface area contributed by atoms with Crippen LogP contribution >= 0.6 is 34.8 Å². The molecule has 0 fully saturated rings. The molecule has 0 amide bonds. The first-order valence-electron chi connectivity index (χ1n) is 4.74. The van der Waals surface area contributed by atoms with Crippen LogP contribution in [-0.2, 0) is 0 Å². The highest BCUT2D eigenvalue weighted by Crippen LogP contribution is 2.33. The second-order valence-corrected chi connectivity index (χ2v) is 4.59. The van der Waals surface area contributed by atoms with Crippen LogP contribution in [0.15, 0.2) is 30.5 Å². The molecule has 1 heterocycles. The van der Waals surface area contributed by atoms with Gasteiger partial charge in [0.2, 0.25) is 0 Å². The molecule has 1 aromatic heterocycles. The molecule has 0 aliphatic rings. The molecule has 18 heavy (non-hydrogen) atoms. The van der Waals surface area contributed by atoms with Gasteiger partial charge in [-0.3, -0.25) is 10.1 Å². The molecule has 0 radical (unpaired) electrons. The Hall–Kier alpha value is -1.36. The molecule has 0 N–H and O–H groups in total. The van der Waals surface area contributed by atoms with E-state index in [-0.39, 0.29) is 10.8 Å². The second kappa shape index (κ2) is 5.10. The van der Waals surface area contributed by atoms with E-state index in [2.05, 4.69) is 4.98 Å². The second-order valence-electron chi connectivity index (χ2n) is 3.42. The third-order valence-corrected chi connectivity index (χ3v) is 3.31. The highest BCUT2D eigenvalue weighted by Gasteiger charge is 2.13. The van der Waals surface area contributed by atoms with Crippen LogP contribution in [-0.4, -0.2) is 9.91 Å². The Labute approximate surface area is 117 Å². The van der Waals surface area contributed by atoms with Gasteiger partial charge < -0.3 is 0 Å². The van der Waals surface area contributed by atoms with Crippen molar-refractivity contribution in [2.24, 2.45) is 0 Å². The zero-order valence-corrected chi connectivity index (χ0v) is 11.0. The Balaban J connectivity index is 2.58. The van der Waals surface area contributed by atoms with E-state index < -0.39 is 4.92 Å². The number of hydrogen-bond acceptors (Lipinski definition) is 3. The first kappa shape index (κ1) is 13.1. The molecule has 0 aliphatic heterocycles. The Morgan fingerprint density at radius 2 is 1.83 bits per heavy atom. The summed E-state index contributed by atoms with van der Waals surface area (Å²) >= 11 is 17.6. The van der Waals surface area contributed by atoms with E-state index in [4.69, 9.17) is 34.8 Å². The minimum absolute atomic E-state index is 0.138. The van der Waals surface area contributed by atoms with Gasteiger partial charge in [0.25, 0.3) is 5.69 Å². The van der Waals surface area contributed by atoms with Crippen molar-refractivity contribution in [3.05, 3.63) is 55.8 Å². The summed E-state index contributed by atoms with van der Waals surface area (Å²) in [6.45, 7) is 0. The van der Waals surface area contributed by atoms with Crippen LogP contribution in [0.3, 0.4) is 0 Å². The smallest absolute Gasteiger partial charge is 0.258 e. The van der Waals surface area contributed by atoms with E-state index in [9.17, 15) is 10.1 Å². The van der Waals surface area contributed by atoms with Crippen LogP contribution in [0.5, 0.6) is 0 Å². The Kier molecular flexibility index (Phi) is 3.71. The monoisotopic (exact) mass is 302 g/mol. The average molecular weight is 304 g/mol. The molecule has 0 saturated carbocycles. The van der Waals surface area contributed by atoms with Crippen molar-refractivity contribution in [1.82, 2.24) is 4.98 Å². The first-order valence-corrected chi connectivity index (χ1v) is 5.88. The Bertz CT molecular complexity index is 632. The minimum Gasteiger partial charge on any atom is -0.258 e. The summed E-state index contributed by atoms with van der Waals surface area (Å²) in [6.07, 6.45) is 1.10. The zero-order valence-electron chi connectivity index (χ0n) is 8.73. The summed E-state index contributed by atoms with van der Waals surface area (Å²) in [6, 6.07) is 6.18. The predicted molar refractivity (Wildman–Crippen MR) is 71.4 cm³/mol. The van der Waals surface area contributed by atoms with E-state index >= 15 is 0 Å². The standard InChI is InChI=1S/C11H5Cl3N2O2/c12-9-2-1-6(3-10(9)13)8-4-7(16(17)18)5-15-11(8)14/h1-5H. The fraction of sp³-hybridized carbons (Fsp3) is 0. The van der Waals surface area contributed by atoms with Crippen LogP contribution in [0.2, 0.25) is 15.2 Å². The topological polar surface area (TPSA) is 56.0 Å². The number of pyridine rings is 1. The first-order chi connectivity index (χ1) is 8.49. The maximum atomic E-state index is 10.7. The Morgan fingerprint density at radius 3 is 2.44 bits per heavy atom. The lowest BCUT2D eigenvalue weighted by Gasteiger charge is -2.05. The van der Waals surface area contributed by atoms with Crippen molar-refractivity contribution >= 4 is 40.5 Å². The van der Waals surface area contributed by atoms with Gasteiger partial charge in [-0.05, 0) is 17.7 Å². The van der Waals surface area contributed by atoms with Crippen LogP contribution in [0.4, 0.5) is 5.69 Å². The lowest BCUT2D eigenvalue weighted by Crippen LogP contribution is -1.91. The van der Waals surface area contributed by atoms with E-state index in [1.807, 2.05) is 0 Å². The third kappa shape index (κ3) is 2.56. The van der Waals surface area contributed by atoms with Gasteiger partial charge in [-0.15, -0.1) is 0 Å². The molecule has 0 unspecified atom stereocenters. The third-order valence-electron chi connectivity index (χ3n) is 2.27. The molecule has 0 saturated heterocycles. The minimum atomic E-state index is -0.537. The fourth-order valence-electron chi connectivity index (χ4n) is 1.40. The van der Waals surface area contributed by atoms with Gasteiger partial charge in [-0.2, -0.15) is 0 Å².